The quantitative estimate of drug-likeness (QED) is 0.637. The molecule has 1 fully saturated rings. The molecule has 1 spiro atoms. The Morgan fingerprint density at radius 3 is 2.87 bits per heavy atom. The number of allylic oxidation sites excluding steroid dienone is 1. The van der Waals surface area contributed by atoms with Crippen molar-refractivity contribution in [2.45, 2.75) is 38.0 Å². The SMILES string of the molecule is CC(=O)N1C(=O)[C@@]2(CCCC[C@H]2/C(O)=C/[N+]#N)c2ccccc21. The van der Waals surface area contributed by atoms with Gasteiger partial charge in [-0.1, -0.05) is 31.0 Å². The van der Waals surface area contributed by atoms with Crippen LogP contribution < -0.4 is 4.90 Å². The topological polar surface area (TPSA) is 85.8 Å². The van der Waals surface area contributed by atoms with Crippen molar-refractivity contribution in [3.63, 3.8) is 0 Å². The zero-order valence-electron chi connectivity index (χ0n) is 12.9. The van der Waals surface area contributed by atoms with Crippen molar-refractivity contribution in [1.29, 1.82) is 5.39 Å². The molecule has 0 saturated heterocycles. The molecule has 0 aromatic heterocycles. The summed E-state index contributed by atoms with van der Waals surface area (Å²) in [5.74, 6) is -1.25. The number of hydrogen-bond donors (Lipinski definition) is 1. The molecule has 1 N–H and O–H groups in total. The van der Waals surface area contributed by atoms with Crippen LogP contribution in [0.1, 0.15) is 38.2 Å². The number of aliphatic hydroxyl groups excluding tert-OH is 1. The summed E-state index contributed by atoms with van der Waals surface area (Å²) in [7, 11) is 0. The number of amides is 2. The molecule has 1 aliphatic heterocycles. The summed E-state index contributed by atoms with van der Waals surface area (Å²) in [5, 5.41) is 19.1. The van der Waals surface area contributed by atoms with Gasteiger partial charge in [-0.25, -0.2) is 4.90 Å². The molecule has 1 heterocycles. The van der Waals surface area contributed by atoms with Crippen LogP contribution in [0.4, 0.5) is 5.69 Å². The summed E-state index contributed by atoms with van der Waals surface area (Å²) in [6.45, 7) is 1.37. The molecule has 118 valence electrons. The maximum absolute atomic E-state index is 13.2. The Bertz CT molecular complexity index is 750. The second kappa shape index (κ2) is 5.51. The van der Waals surface area contributed by atoms with Crippen LogP contribution in [0, 0.1) is 11.3 Å². The van der Waals surface area contributed by atoms with Gasteiger partial charge in [0.15, 0.2) is 10.7 Å². The molecule has 0 unspecified atom stereocenters. The van der Waals surface area contributed by atoms with Gasteiger partial charge in [0.05, 0.1) is 11.1 Å². The maximum Gasteiger partial charge on any atom is 0.387 e. The summed E-state index contributed by atoms with van der Waals surface area (Å²) < 4.78 is 0. The van der Waals surface area contributed by atoms with E-state index < -0.39 is 11.3 Å². The van der Waals surface area contributed by atoms with Gasteiger partial charge in [0, 0.05) is 12.8 Å². The van der Waals surface area contributed by atoms with Crippen molar-refractivity contribution in [3.05, 3.63) is 46.8 Å². The van der Waals surface area contributed by atoms with Gasteiger partial charge in [0.25, 0.3) is 0 Å². The van der Waals surface area contributed by atoms with Crippen molar-refractivity contribution in [2.75, 3.05) is 4.90 Å². The van der Waals surface area contributed by atoms with Gasteiger partial charge in [-0.2, -0.15) is 0 Å². The van der Waals surface area contributed by atoms with E-state index in [4.69, 9.17) is 5.39 Å². The molecule has 6 heteroatoms. The summed E-state index contributed by atoms with van der Waals surface area (Å²) >= 11 is 0. The number of diazo groups is 1. The minimum absolute atomic E-state index is 0.124. The van der Waals surface area contributed by atoms with Gasteiger partial charge in [-0.3, -0.25) is 9.59 Å². The number of carbonyl (C=O) groups excluding carboxylic acids is 2. The van der Waals surface area contributed by atoms with E-state index in [0.29, 0.717) is 18.5 Å². The predicted octanol–water partition coefficient (Wildman–Crippen LogP) is 3.26. The Morgan fingerprint density at radius 2 is 2.17 bits per heavy atom. The van der Waals surface area contributed by atoms with Crippen LogP contribution in [-0.2, 0) is 15.0 Å². The van der Waals surface area contributed by atoms with Crippen LogP contribution >= 0.6 is 0 Å². The van der Waals surface area contributed by atoms with E-state index in [2.05, 4.69) is 4.98 Å². The number of carbonyl (C=O) groups is 2. The highest BCUT2D eigenvalue weighted by Gasteiger charge is 2.58. The standard InChI is InChI=1S/C17H17N3O3/c1-11(21)20-14-8-3-2-6-12(14)17(16(20)23)9-5-4-7-13(17)15(22)10-19-18/h2-3,6,8,10,13H,4-5,7,9H2,1H3/p+1/b15-10-/t13-,17-/m0/s1. The largest absolute Gasteiger partial charge is 0.505 e. The number of para-hydroxylation sites is 1. The molecule has 2 aliphatic rings. The second-order valence-electron chi connectivity index (χ2n) is 6.12. The first-order valence-corrected chi connectivity index (χ1v) is 7.72. The number of benzene rings is 1. The average Bonchev–Trinajstić information content (AvgIpc) is 2.78. The van der Waals surface area contributed by atoms with E-state index >= 15 is 0 Å². The van der Waals surface area contributed by atoms with E-state index in [9.17, 15) is 14.7 Å². The highest BCUT2D eigenvalue weighted by Crippen LogP contribution is 2.54. The number of anilines is 1. The van der Waals surface area contributed by atoms with Crippen molar-refractivity contribution in [1.82, 2.24) is 0 Å². The zero-order chi connectivity index (χ0) is 16.6. The third kappa shape index (κ3) is 2.04. The highest BCUT2D eigenvalue weighted by molar-refractivity contribution is 6.22. The summed E-state index contributed by atoms with van der Waals surface area (Å²) in [5.41, 5.74) is 0.389. The Labute approximate surface area is 134 Å². The van der Waals surface area contributed by atoms with Crippen molar-refractivity contribution >= 4 is 17.5 Å². The van der Waals surface area contributed by atoms with Crippen LogP contribution in [0.25, 0.3) is 4.98 Å². The van der Waals surface area contributed by atoms with Crippen LogP contribution in [-0.4, -0.2) is 16.9 Å². The minimum Gasteiger partial charge on any atom is -0.505 e. The summed E-state index contributed by atoms with van der Waals surface area (Å²) in [4.78, 5) is 29.3. The fourth-order valence-corrected chi connectivity index (χ4v) is 4.08. The molecule has 1 aliphatic carbocycles. The molecule has 2 atom stereocenters. The van der Waals surface area contributed by atoms with Crippen LogP contribution in [0.15, 0.2) is 36.2 Å². The first-order chi connectivity index (χ1) is 11.0. The smallest absolute Gasteiger partial charge is 0.387 e. The predicted molar refractivity (Wildman–Crippen MR) is 84.0 cm³/mol. The first kappa shape index (κ1) is 15.2. The minimum atomic E-state index is -0.966. The Morgan fingerprint density at radius 1 is 1.43 bits per heavy atom. The van der Waals surface area contributed by atoms with E-state index in [1.165, 1.54) is 11.8 Å². The summed E-state index contributed by atoms with van der Waals surface area (Å²) in [6.07, 6.45) is 3.84. The zero-order valence-corrected chi connectivity index (χ0v) is 12.9. The second-order valence-corrected chi connectivity index (χ2v) is 6.12. The van der Waals surface area contributed by atoms with Crippen molar-refractivity contribution < 1.29 is 14.7 Å². The fourth-order valence-electron chi connectivity index (χ4n) is 4.08. The fraction of sp³-hybridized carbons (Fsp3) is 0.412. The molecule has 0 bridgehead atoms. The number of hydrogen-bond acceptors (Lipinski definition) is 4. The van der Waals surface area contributed by atoms with Gasteiger partial charge in [0.2, 0.25) is 17.2 Å². The van der Waals surface area contributed by atoms with E-state index in [0.717, 1.165) is 24.6 Å². The van der Waals surface area contributed by atoms with E-state index in [-0.39, 0.29) is 17.6 Å². The molecule has 3 rings (SSSR count). The average molecular weight is 312 g/mol. The number of rotatable bonds is 1. The number of fused-ring (bicyclic) bond motifs is 2. The number of aliphatic hydroxyl groups is 1. The Balaban J connectivity index is 2.23. The van der Waals surface area contributed by atoms with Crippen molar-refractivity contribution in [3.8, 4) is 0 Å². The molecular weight excluding hydrogens is 294 g/mol. The van der Waals surface area contributed by atoms with Gasteiger partial charge in [0.1, 0.15) is 0 Å². The normalized spacial score (nSPS) is 27.0. The highest BCUT2D eigenvalue weighted by atomic mass is 16.3. The molecule has 2 amide bonds. The van der Waals surface area contributed by atoms with Crippen LogP contribution in [0.5, 0.6) is 0 Å². The molecule has 6 nitrogen and oxygen atoms in total. The maximum atomic E-state index is 13.2. The van der Waals surface area contributed by atoms with E-state index in [1.807, 2.05) is 12.1 Å². The van der Waals surface area contributed by atoms with Crippen LogP contribution in [0.3, 0.4) is 0 Å². The Hall–Kier alpha value is -2.68. The molecular formula is C17H18N3O3+. The molecule has 1 aromatic rings. The molecule has 1 saturated carbocycles. The lowest BCUT2D eigenvalue weighted by Gasteiger charge is -2.38. The Kier molecular flexibility index (Phi) is 3.64. The van der Waals surface area contributed by atoms with Crippen molar-refractivity contribution in [2.24, 2.45) is 5.92 Å². The van der Waals surface area contributed by atoms with Gasteiger partial charge in [-0.05, 0) is 24.5 Å². The lowest BCUT2D eigenvalue weighted by atomic mass is 9.62. The first-order valence-electron chi connectivity index (χ1n) is 7.72. The van der Waals surface area contributed by atoms with Crippen LogP contribution in [0.2, 0.25) is 0 Å². The monoisotopic (exact) mass is 312 g/mol. The number of nitrogens with zero attached hydrogens (tertiary/aromatic N) is 3. The van der Waals surface area contributed by atoms with Gasteiger partial charge >= 0.3 is 6.20 Å². The number of imide groups is 1. The lowest BCUT2D eigenvalue weighted by Crippen LogP contribution is -2.49. The van der Waals surface area contributed by atoms with E-state index in [1.54, 1.807) is 12.1 Å². The van der Waals surface area contributed by atoms with Gasteiger partial charge in [-0.15, -0.1) is 0 Å². The molecule has 1 aromatic carbocycles. The third-order valence-corrected chi connectivity index (χ3v) is 4.98. The molecule has 0 radical (unpaired) electrons. The third-order valence-electron chi connectivity index (χ3n) is 4.98. The molecule has 23 heavy (non-hydrogen) atoms. The lowest BCUT2D eigenvalue weighted by molar-refractivity contribution is -0.130. The summed E-state index contributed by atoms with van der Waals surface area (Å²) in [6, 6.07) is 7.22. The van der Waals surface area contributed by atoms with Gasteiger partial charge < -0.3 is 5.11 Å².